The van der Waals surface area contributed by atoms with Gasteiger partial charge in [-0.2, -0.15) is 0 Å². The topological polar surface area (TPSA) is 32.7 Å². The van der Waals surface area contributed by atoms with E-state index in [4.69, 9.17) is 4.74 Å². The molecule has 7 heteroatoms. The van der Waals surface area contributed by atoms with Crippen LogP contribution in [0.5, 0.6) is 5.75 Å². The summed E-state index contributed by atoms with van der Waals surface area (Å²) in [6, 6.07) is 2.75. The zero-order valence-electron chi connectivity index (χ0n) is 13.1. The Morgan fingerprint density at radius 1 is 1.26 bits per heavy atom. The number of rotatable bonds is 6. The number of likely N-dealkylation sites (N-methyl/N-ethyl adjacent to an activating group) is 1. The van der Waals surface area contributed by atoms with Crippen molar-refractivity contribution in [2.75, 3.05) is 20.2 Å². The summed E-state index contributed by atoms with van der Waals surface area (Å²) >= 11 is 3.01. The molecule has 1 aliphatic carbocycles. The van der Waals surface area contributed by atoms with Gasteiger partial charge in [0.15, 0.2) is 17.4 Å². The Kier molecular flexibility index (Phi) is 8.75. The summed E-state index contributed by atoms with van der Waals surface area (Å²) in [5, 5.41) is 10.0. The van der Waals surface area contributed by atoms with Gasteiger partial charge in [-0.15, -0.1) is 0 Å². The molecule has 1 atom stereocenters. The third-order valence-corrected chi connectivity index (χ3v) is 4.54. The van der Waals surface area contributed by atoms with Gasteiger partial charge in [0, 0.05) is 17.1 Å². The molecule has 0 heterocycles. The van der Waals surface area contributed by atoms with Gasteiger partial charge in [-0.25, -0.2) is 8.78 Å². The minimum Gasteiger partial charge on any atom is -1.00 e. The van der Waals surface area contributed by atoms with E-state index in [0.29, 0.717) is 17.1 Å². The molecule has 1 N–H and O–H groups in total. The standard InChI is InChI=1S/C16H22BrF2NO2.ClH/c1-20(12-5-3-2-4-6-12)9-13(21)10-22-16-14(18)7-11(17)8-15(16)19;/h7-8,12-13,21H,2-6,9-10H2,1H3;1H/p-1. The maximum Gasteiger partial charge on any atom is 0.190 e. The summed E-state index contributed by atoms with van der Waals surface area (Å²) in [5.41, 5.74) is 0. The molecule has 1 unspecified atom stereocenters. The maximum atomic E-state index is 13.6. The van der Waals surface area contributed by atoms with Crippen LogP contribution in [0.25, 0.3) is 0 Å². The number of nitrogens with zero attached hydrogens (tertiary/aromatic N) is 1. The van der Waals surface area contributed by atoms with Crippen LogP contribution >= 0.6 is 15.9 Å². The fourth-order valence-electron chi connectivity index (χ4n) is 2.90. The maximum absolute atomic E-state index is 13.6. The van der Waals surface area contributed by atoms with Gasteiger partial charge < -0.3 is 27.2 Å². The third kappa shape index (κ3) is 6.18. The molecule has 2 rings (SSSR count). The molecule has 1 fully saturated rings. The summed E-state index contributed by atoms with van der Waals surface area (Å²) in [6.07, 6.45) is 5.21. The van der Waals surface area contributed by atoms with E-state index >= 15 is 0 Å². The first kappa shape index (κ1) is 20.6. The van der Waals surface area contributed by atoms with Gasteiger partial charge in [0.2, 0.25) is 0 Å². The number of aliphatic hydroxyl groups excluding tert-OH is 1. The highest BCUT2D eigenvalue weighted by Crippen LogP contribution is 2.26. The zero-order valence-corrected chi connectivity index (χ0v) is 15.4. The number of hydrogen-bond donors (Lipinski definition) is 1. The summed E-state index contributed by atoms with van der Waals surface area (Å²) < 4.78 is 32.7. The number of ether oxygens (including phenoxy) is 1. The lowest BCUT2D eigenvalue weighted by molar-refractivity contribution is -0.00000830. The summed E-state index contributed by atoms with van der Waals surface area (Å²) in [5.74, 6) is -2.00. The second-order valence-electron chi connectivity index (χ2n) is 5.89. The fraction of sp³-hybridized carbons (Fsp3) is 0.625. The first-order valence-corrected chi connectivity index (χ1v) is 8.42. The minimum atomic E-state index is -0.783. The molecule has 0 amide bonds. The Morgan fingerprint density at radius 3 is 2.39 bits per heavy atom. The Bertz CT molecular complexity index is 478. The van der Waals surface area contributed by atoms with E-state index < -0.39 is 23.5 Å². The highest BCUT2D eigenvalue weighted by atomic mass is 79.9. The van der Waals surface area contributed by atoms with E-state index in [1.807, 2.05) is 7.05 Å². The summed E-state index contributed by atoms with van der Waals surface area (Å²) in [7, 11) is 1.97. The molecule has 1 aliphatic rings. The molecule has 23 heavy (non-hydrogen) atoms. The average Bonchev–Trinajstić information content (AvgIpc) is 2.47. The van der Waals surface area contributed by atoms with Gasteiger partial charge in [-0.1, -0.05) is 35.2 Å². The van der Waals surface area contributed by atoms with E-state index in [-0.39, 0.29) is 19.0 Å². The Hall–Kier alpha value is -0.430. The van der Waals surface area contributed by atoms with Crippen molar-refractivity contribution in [2.45, 2.75) is 44.2 Å². The third-order valence-electron chi connectivity index (χ3n) is 4.08. The molecule has 0 bridgehead atoms. The van der Waals surface area contributed by atoms with E-state index in [1.165, 1.54) is 19.3 Å². The monoisotopic (exact) mass is 412 g/mol. The fourth-order valence-corrected chi connectivity index (χ4v) is 3.30. The van der Waals surface area contributed by atoms with E-state index in [9.17, 15) is 13.9 Å². The molecule has 1 saturated carbocycles. The molecule has 0 saturated heterocycles. The van der Waals surface area contributed by atoms with Gasteiger partial charge in [-0.3, -0.25) is 0 Å². The lowest BCUT2D eigenvalue weighted by Gasteiger charge is -2.32. The van der Waals surface area contributed by atoms with Crippen molar-refractivity contribution in [3.63, 3.8) is 0 Å². The Morgan fingerprint density at radius 2 is 1.83 bits per heavy atom. The average molecular weight is 414 g/mol. The molecule has 1 aromatic carbocycles. The molecule has 0 spiro atoms. The van der Waals surface area contributed by atoms with Crippen LogP contribution in [0.1, 0.15) is 32.1 Å². The second-order valence-corrected chi connectivity index (χ2v) is 6.81. The molecular weight excluding hydrogens is 392 g/mol. The van der Waals surface area contributed by atoms with Gasteiger partial charge in [0.25, 0.3) is 0 Å². The molecule has 0 radical (unpaired) electrons. The van der Waals surface area contributed by atoms with Gasteiger partial charge >= 0.3 is 0 Å². The first-order chi connectivity index (χ1) is 10.5. The van der Waals surface area contributed by atoms with Crippen LogP contribution in [0.2, 0.25) is 0 Å². The highest BCUT2D eigenvalue weighted by molar-refractivity contribution is 9.10. The van der Waals surface area contributed by atoms with Gasteiger partial charge in [0.05, 0.1) is 0 Å². The summed E-state index contributed by atoms with van der Waals surface area (Å²) in [4.78, 5) is 2.11. The smallest absolute Gasteiger partial charge is 0.190 e. The normalized spacial score (nSPS) is 17.0. The zero-order chi connectivity index (χ0) is 16.1. The molecule has 132 valence electrons. The van der Waals surface area contributed by atoms with Crippen LogP contribution in [0.4, 0.5) is 8.78 Å². The van der Waals surface area contributed by atoms with Crippen LogP contribution in [0.15, 0.2) is 16.6 Å². The van der Waals surface area contributed by atoms with Crippen LogP contribution in [-0.4, -0.2) is 42.4 Å². The Labute approximate surface area is 150 Å². The van der Waals surface area contributed by atoms with Crippen molar-refractivity contribution in [3.05, 3.63) is 28.2 Å². The molecule has 3 nitrogen and oxygen atoms in total. The highest BCUT2D eigenvalue weighted by Gasteiger charge is 2.21. The van der Waals surface area contributed by atoms with E-state index in [1.54, 1.807) is 0 Å². The number of benzene rings is 1. The van der Waals surface area contributed by atoms with Crippen LogP contribution in [0, 0.1) is 11.6 Å². The minimum absolute atomic E-state index is 0. The number of hydrogen-bond acceptors (Lipinski definition) is 3. The molecule has 0 aromatic heterocycles. The van der Waals surface area contributed by atoms with Crippen molar-refractivity contribution in [1.82, 2.24) is 4.90 Å². The van der Waals surface area contributed by atoms with Crippen molar-refractivity contribution in [3.8, 4) is 5.75 Å². The number of halogens is 4. The predicted octanol–water partition coefficient (Wildman–Crippen LogP) is 0.735. The number of aliphatic hydroxyl groups is 1. The first-order valence-electron chi connectivity index (χ1n) is 7.63. The van der Waals surface area contributed by atoms with Crippen molar-refractivity contribution >= 4 is 15.9 Å². The SMILES string of the molecule is CN(CC(O)COc1c(F)cc(Br)cc1F)C1CCCCC1.[Cl-]. The quantitative estimate of drug-likeness (QED) is 0.747. The molecular formula is C16H22BrClF2NO2-. The molecule has 0 aliphatic heterocycles. The predicted molar refractivity (Wildman–Crippen MR) is 85.1 cm³/mol. The lowest BCUT2D eigenvalue weighted by Crippen LogP contribution is -3.00. The Balaban J connectivity index is 0.00000264. The van der Waals surface area contributed by atoms with E-state index in [0.717, 1.165) is 25.0 Å². The van der Waals surface area contributed by atoms with Gasteiger partial charge in [-0.05, 0) is 32.0 Å². The summed E-state index contributed by atoms with van der Waals surface area (Å²) in [6.45, 7) is 0.303. The van der Waals surface area contributed by atoms with Crippen LogP contribution in [-0.2, 0) is 0 Å². The van der Waals surface area contributed by atoms with Gasteiger partial charge in [0.1, 0.15) is 12.7 Å². The van der Waals surface area contributed by atoms with Crippen molar-refractivity contribution < 1.29 is 31.0 Å². The van der Waals surface area contributed by atoms with Crippen molar-refractivity contribution in [2.24, 2.45) is 0 Å². The van der Waals surface area contributed by atoms with E-state index in [2.05, 4.69) is 20.8 Å². The van der Waals surface area contributed by atoms with Crippen molar-refractivity contribution in [1.29, 1.82) is 0 Å². The van der Waals surface area contributed by atoms with Crippen LogP contribution < -0.4 is 17.1 Å². The largest absolute Gasteiger partial charge is 1.00 e. The second kappa shape index (κ2) is 9.77. The lowest BCUT2D eigenvalue weighted by atomic mass is 9.94. The van der Waals surface area contributed by atoms with Crippen LogP contribution in [0.3, 0.4) is 0 Å². The molecule has 1 aromatic rings.